The van der Waals surface area contributed by atoms with Crippen molar-refractivity contribution in [2.75, 3.05) is 24.5 Å². The number of nitrogens with zero attached hydrogens (tertiary/aromatic N) is 2. The number of hydrogen-bond acceptors (Lipinski definition) is 3. The highest BCUT2D eigenvalue weighted by atomic mass is 19.1. The molecule has 4 rings (SSSR count). The molecular formula is C18H20FN3. The van der Waals surface area contributed by atoms with E-state index < -0.39 is 0 Å². The molecule has 2 atom stereocenters. The Morgan fingerprint density at radius 1 is 1.23 bits per heavy atom. The van der Waals surface area contributed by atoms with Crippen molar-refractivity contribution in [1.82, 2.24) is 10.3 Å². The largest absolute Gasteiger partial charge is 0.366 e. The molecule has 0 radical (unpaired) electrons. The fourth-order valence-corrected chi connectivity index (χ4v) is 3.81. The average Bonchev–Trinajstić information content (AvgIpc) is 2.81. The van der Waals surface area contributed by atoms with Crippen molar-refractivity contribution >= 4 is 5.69 Å². The van der Waals surface area contributed by atoms with E-state index in [9.17, 15) is 4.39 Å². The lowest BCUT2D eigenvalue weighted by atomic mass is 10.0. The number of aromatic nitrogens is 1. The normalized spacial score (nSPS) is 23.8. The highest BCUT2D eigenvalue weighted by molar-refractivity contribution is 5.70. The second-order valence-electron chi connectivity index (χ2n) is 6.46. The minimum atomic E-state index is -0.190. The molecule has 2 unspecified atom stereocenters. The predicted molar refractivity (Wildman–Crippen MR) is 86.5 cm³/mol. The van der Waals surface area contributed by atoms with E-state index in [-0.39, 0.29) is 5.82 Å². The first-order valence-electron chi connectivity index (χ1n) is 7.89. The highest BCUT2D eigenvalue weighted by Gasteiger charge is 2.35. The molecule has 1 aromatic heterocycles. The molecule has 2 fully saturated rings. The lowest BCUT2D eigenvalue weighted by molar-refractivity contribution is 0.434. The van der Waals surface area contributed by atoms with Crippen LogP contribution in [0.15, 0.2) is 36.7 Å². The van der Waals surface area contributed by atoms with Crippen LogP contribution in [0.5, 0.6) is 0 Å². The van der Waals surface area contributed by atoms with Gasteiger partial charge < -0.3 is 10.2 Å². The summed E-state index contributed by atoms with van der Waals surface area (Å²) in [7, 11) is 0. The van der Waals surface area contributed by atoms with Gasteiger partial charge in [-0.05, 0) is 55.1 Å². The maximum absolute atomic E-state index is 13.3. The van der Waals surface area contributed by atoms with E-state index in [4.69, 9.17) is 0 Å². The summed E-state index contributed by atoms with van der Waals surface area (Å²) >= 11 is 0. The second-order valence-corrected chi connectivity index (χ2v) is 6.46. The number of fused-ring (bicyclic) bond motifs is 2. The van der Waals surface area contributed by atoms with E-state index in [1.165, 1.54) is 18.2 Å². The fraction of sp³-hybridized carbons (Fsp3) is 0.389. The number of rotatable bonds is 2. The third kappa shape index (κ3) is 2.37. The third-order valence-electron chi connectivity index (χ3n) is 4.87. The molecule has 22 heavy (non-hydrogen) atoms. The zero-order valence-electron chi connectivity index (χ0n) is 12.7. The second kappa shape index (κ2) is 5.36. The molecule has 2 aromatic rings. The van der Waals surface area contributed by atoms with Crippen molar-refractivity contribution in [2.45, 2.75) is 19.4 Å². The molecule has 2 aliphatic heterocycles. The van der Waals surface area contributed by atoms with Crippen LogP contribution in [-0.2, 0) is 0 Å². The molecule has 0 spiro atoms. The molecular weight excluding hydrogens is 277 g/mol. The highest BCUT2D eigenvalue weighted by Crippen LogP contribution is 2.33. The van der Waals surface area contributed by atoms with Crippen molar-refractivity contribution in [2.24, 2.45) is 5.92 Å². The Hall–Kier alpha value is -1.94. The van der Waals surface area contributed by atoms with Crippen molar-refractivity contribution in [1.29, 1.82) is 0 Å². The van der Waals surface area contributed by atoms with Gasteiger partial charge in [-0.25, -0.2) is 4.39 Å². The van der Waals surface area contributed by atoms with Gasteiger partial charge in [-0.3, -0.25) is 4.98 Å². The molecule has 2 saturated heterocycles. The lowest BCUT2D eigenvalue weighted by Gasteiger charge is -2.27. The minimum Gasteiger partial charge on any atom is -0.366 e. The zero-order valence-corrected chi connectivity index (χ0v) is 12.7. The van der Waals surface area contributed by atoms with Gasteiger partial charge in [0.05, 0.1) is 11.9 Å². The Kier molecular flexibility index (Phi) is 3.34. The summed E-state index contributed by atoms with van der Waals surface area (Å²) in [6.07, 6.45) is 5.08. The first-order chi connectivity index (χ1) is 10.7. The number of hydrogen-bond donors (Lipinski definition) is 1. The number of halogens is 1. The number of piperidine rings is 1. The SMILES string of the molecule is Cc1cc(F)ccc1-c1cncc(N2CC3CNCC2C3)c1. The van der Waals surface area contributed by atoms with Gasteiger partial charge in [0.25, 0.3) is 0 Å². The topological polar surface area (TPSA) is 28.2 Å². The maximum Gasteiger partial charge on any atom is 0.123 e. The molecule has 2 bridgehead atoms. The van der Waals surface area contributed by atoms with E-state index in [0.717, 1.165) is 42.2 Å². The Bertz CT molecular complexity index is 700. The zero-order chi connectivity index (χ0) is 15.1. The van der Waals surface area contributed by atoms with Crippen molar-refractivity contribution < 1.29 is 4.39 Å². The molecule has 4 heteroatoms. The van der Waals surface area contributed by atoms with Crippen molar-refractivity contribution in [3.8, 4) is 11.1 Å². The molecule has 0 amide bonds. The number of nitrogens with one attached hydrogen (secondary N) is 1. The van der Waals surface area contributed by atoms with Crippen molar-refractivity contribution in [3.63, 3.8) is 0 Å². The summed E-state index contributed by atoms with van der Waals surface area (Å²) in [4.78, 5) is 6.90. The summed E-state index contributed by atoms with van der Waals surface area (Å²) in [5, 5.41) is 3.50. The van der Waals surface area contributed by atoms with Crippen LogP contribution in [0.3, 0.4) is 0 Å². The van der Waals surface area contributed by atoms with Crippen LogP contribution in [0.4, 0.5) is 10.1 Å². The van der Waals surface area contributed by atoms with Crippen LogP contribution in [0.25, 0.3) is 11.1 Å². The van der Waals surface area contributed by atoms with Gasteiger partial charge >= 0.3 is 0 Å². The summed E-state index contributed by atoms with van der Waals surface area (Å²) in [5.74, 6) is 0.555. The molecule has 1 aromatic carbocycles. The van der Waals surface area contributed by atoms with E-state index in [2.05, 4.69) is 21.3 Å². The maximum atomic E-state index is 13.3. The van der Waals surface area contributed by atoms with Gasteiger partial charge in [-0.15, -0.1) is 0 Å². The Labute approximate surface area is 130 Å². The van der Waals surface area contributed by atoms with Gasteiger partial charge in [0.2, 0.25) is 0 Å². The molecule has 2 aliphatic rings. The van der Waals surface area contributed by atoms with Gasteiger partial charge in [0, 0.05) is 30.9 Å². The smallest absolute Gasteiger partial charge is 0.123 e. The van der Waals surface area contributed by atoms with Gasteiger partial charge in [-0.2, -0.15) is 0 Å². The average molecular weight is 297 g/mol. The monoisotopic (exact) mass is 297 g/mol. The van der Waals surface area contributed by atoms with Crippen LogP contribution in [0.1, 0.15) is 12.0 Å². The van der Waals surface area contributed by atoms with Gasteiger partial charge in [0.15, 0.2) is 0 Å². The fourth-order valence-electron chi connectivity index (χ4n) is 3.81. The van der Waals surface area contributed by atoms with E-state index in [1.54, 1.807) is 6.07 Å². The quantitative estimate of drug-likeness (QED) is 0.923. The predicted octanol–water partition coefficient (Wildman–Crippen LogP) is 2.99. The van der Waals surface area contributed by atoms with Gasteiger partial charge in [0.1, 0.15) is 5.82 Å². The van der Waals surface area contributed by atoms with Crippen LogP contribution >= 0.6 is 0 Å². The van der Waals surface area contributed by atoms with Crippen LogP contribution in [0.2, 0.25) is 0 Å². The van der Waals surface area contributed by atoms with Crippen molar-refractivity contribution in [3.05, 3.63) is 48.0 Å². The number of benzene rings is 1. The number of anilines is 1. The third-order valence-corrected chi connectivity index (χ3v) is 4.87. The van der Waals surface area contributed by atoms with Crippen LogP contribution in [-0.4, -0.2) is 30.7 Å². The van der Waals surface area contributed by atoms with Crippen LogP contribution < -0.4 is 10.2 Å². The molecule has 3 heterocycles. The standard InChI is InChI=1S/C18H20FN3/c1-12-4-15(19)2-3-18(12)14-6-17(10-21-8-14)22-11-13-5-16(22)9-20-7-13/h2-4,6,8,10,13,16,20H,5,7,9,11H2,1H3. The number of pyridine rings is 1. The van der Waals surface area contributed by atoms with Gasteiger partial charge in [-0.1, -0.05) is 6.07 Å². The molecule has 0 saturated carbocycles. The molecule has 0 aliphatic carbocycles. The first kappa shape index (κ1) is 13.7. The Morgan fingerprint density at radius 3 is 2.95 bits per heavy atom. The van der Waals surface area contributed by atoms with Crippen LogP contribution in [0, 0.1) is 18.7 Å². The Morgan fingerprint density at radius 2 is 2.14 bits per heavy atom. The van der Waals surface area contributed by atoms with E-state index in [1.807, 2.05) is 25.4 Å². The summed E-state index contributed by atoms with van der Waals surface area (Å²) < 4.78 is 13.3. The summed E-state index contributed by atoms with van der Waals surface area (Å²) in [6.45, 7) is 5.22. The Balaban J connectivity index is 1.69. The molecule has 1 N–H and O–H groups in total. The lowest BCUT2D eigenvalue weighted by Crippen LogP contribution is -2.39. The van der Waals surface area contributed by atoms with E-state index >= 15 is 0 Å². The summed E-state index contributed by atoms with van der Waals surface area (Å²) in [5.41, 5.74) is 4.23. The summed E-state index contributed by atoms with van der Waals surface area (Å²) in [6, 6.07) is 7.70. The minimum absolute atomic E-state index is 0.190. The number of aryl methyl sites for hydroxylation is 1. The molecule has 3 nitrogen and oxygen atoms in total. The van der Waals surface area contributed by atoms with E-state index in [0.29, 0.717) is 6.04 Å². The first-order valence-corrected chi connectivity index (χ1v) is 7.89. The molecule has 114 valence electrons.